The number of aromatic nitrogens is 1. The van der Waals surface area contributed by atoms with Crippen LogP contribution in [0.1, 0.15) is 0 Å². The van der Waals surface area contributed by atoms with Crippen molar-refractivity contribution in [2.24, 2.45) is 5.90 Å². The molecule has 2 aromatic rings. The van der Waals surface area contributed by atoms with Crippen LogP contribution in [0.4, 0.5) is 0 Å². The van der Waals surface area contributed by atoms with Crippen LogP contribution in [0, 0.1) is 0 Å². The molecule has 56 valence electrons. The Morgan fingerprint density at radius 1 is 1.27 bits per heavy atom. The van der Waals surface area contributed by atoms with E-state index in [0.29, 0.717) is 5.75 Å². The maximum Gasteiger partial charge on any atom is 0.170 e. The number of rotatable bonds is 1. The molecular weight excluding hydrogens is 140 g/mol. The first kappa shape index (κ1) is 6.24. The van der Waals surface area contributed by atoms with E-state index < -0.39 is 0 Å². The molecule has 1 heterocycles. The predicted molar refractivity (Wildman–Crippen MR) is 43.1 cm³/mol. The Hall–Kier alpha value is -1.48. The normalized spacial score (nSPS) is 10.3. The van der Waals surface area contributed by atoms with Gasteiger partial charge in [-0.2, -0.15) is 5.90 Å². The van der Waals surface area contributed by atoms with Crippen LogP contribution in [0.25, 0.3) is 10.9 Å². The third-order valence-electron chi connectivity index (χ3n) is 1.68. The van der Waals surface area contributed by atoms with Gasteiger partial charge in [0.25, 0.3) is 0 Å². The van der Waals surface area contributed by atoms with Crippen LogP contribution in [0.15, 0.2) is 30.5 Å². The number of H-pyrrole nitrogens is 1. The molecule has 3 N–H and O–H groups in total. The Labute approximate surface area is 63.7 Å². The molecule has 0 aliphatic rings. The molecule has 0 amide bonds. The summed E-state index contributed by atoms with van der Waals surface area (Å²) in [5.74, 6) is 5.73. The summed E-state index contributed by atoms with van der Waals surface area (Å²) in [7, 11) is 0. The molecule has 1 aromatic carbocycles. The van der Waals surface area contributed by atoms with Crippen LogP contribution >= 0.6 is 0 Å². The van der Waals surface area contributed by atoms with Crippen LogP contribution in [0.3, 0.4) is 0 Å². The van der Waals surface area contributed by atoms with E-state index in [1.54, 1.807) is 0 Å². The molecule has 0 bridgehead atoms. The molecule has 0 fully saturated rings. The Balaban J connectivity index is 2.79. The van der Waals surface area contributed by atoms with Gasteiger partial charge in [0.15, 0.2) is 5.75 Å². The number of aromatic amines is 1. The van der Waals surface area contributed by atoms with Gasteiger partial charge in [0.05, 0.1) is 5.52 Å². The van der Waals surface area contributed by atoms with Gasteiger partial charge in [0, 0.05) is 11.6 Å². The summed E-state index contributed by atoms with van der Waals surface area (Å²) in [6.07, 6.45) is 1.85. The fourth-order valence-electron chi connectivity index (χ4n) is 1.15. The minimum atomic E-state index is 0.674. The maximum atomic E-state index is 5.06. The summed E-state index contributed by atoms with van der Waals surface area (Å²) < 4.78 is 0. The zero-order valence-electron chi connectivity index (χ0n) is 5.87. The van der Waals surface area contributed by atoms with E-state index in [-0.39, 0.29) is 0 Å². The summed E-state index contributed by atoms with van der Waals surface area (Å²) in [6.45, 7) is 0. The summed E-state index contributed by atoms with van der Waals surface area (Å²) in [4.78, 5) is 7.69. The van der Waals surface area contributed by atoms with E-state index in [1.807, 2.05) is 30.5 Å². The number of para-hydroxylation sites is 1. The van der Waals surface area contributed by atoms with Gasteiger partial charge >= 0.3 is 0 Å². The zero-order chi connectivity index (χ0) is 7.68. The molecule has 0 unspecified atom stereocenters. The minimum Gasteiger partial charge on any atom is -0.409 e. The first-order valence-electron chi connectivity index (χ1n) is 3.34. The van der Waals surface area contributed by atoms with Gasteiger partial charge in [-0.05, 0) is 12.1 Å². The van der Waals surface area contributed by atoms with Crippen molar-refractivity contribution in [2.45, 2.75) is 0 Å². The second kappa shape index (κ2) is 2.29. The summed E-state index contributed by atoms with van der Waals surface area (Å²) in [5.41, 5.74) is 0.940. The van der Waals surface area contributed by atoms with Crippen molar-refractivity contribution in [1.82, 2.24) is 4.98 Å². The molecule has 0 saturated heterocycles. The lowest BCUT2D eigenvalue weighted by atomic mass is 10.2. The van der Waals surface area contributed by atoms with Crippen molar-refractivity contribution in [1.29, 1.82) is 0 Å². The average molecular weight is 148 g/mol. The minimum absolute atomic E-state index is 0.674. The SMILES string of the molecule is NOc1cccc2cc[nH]c12. The number of benzene rings is 1. The number of hydrogen-bond donors (Lipinski definition) is 2. The molecule has 11 heavy (non-hydrogen) atoms. The highest BCUT2D eigenvalue weighted by Crippen LogP contribution is 2.22. The van der Waals surface area contributed by atoms with Crippen LogP contribution in [-0.4, -0.2) is 4.98 Å². The molecule has 0 spiro atoms. The topological polar surface area (TPSA) is 51.0 Å². The van der Waals surface area contributed by atoms with Gasteiger partial charge < -0.3 is 9.82 Å². The van der Waals surface area contributed by atoms with Crippen molar-refractivity contribution < 1.29 is 4.84 Å². The van der Waals surface area contributed by atoms with E-state index >= 15 is 0 Å². The standard InChI is InChI=1S/C8H8N2O/c9-11-7-3-1-2-6-4-5-10-8(6)7/h1-5,10H,9H2. The van der Waals surface area contributed by atoms with E-state index in [0.717, 1.165) is 10.9 Å². The molecule has 3 nitrogen and oxygen atoms in total. The average Bonchev–Trinajstić information content (AvgIpc) is 2.50. The smallest absolute Gasteiger partial charge is 0.170 e. The van der Waals surface area contributed by atoms with Crippen LogP contribution in [-0.2, 0) is 0 Å². The van der Waals surface area contributed by atoms with Gasteiger partial charge in [-0.25, -0.2) is 0 Å². The van der Waals surface area contributed by atoms with E-state index in [1.165, 1.54) is 0 Å². The largest absolute Gasteiger partial charge is 0.409 e. The monoisotopic (exact) mass is 148 g/mol. The highest BCUT2D eigenvalue weighted by atomic mass is 16.6. The Morgan fingerprint density at radius 3 is 3.00 bits per heavy atom. The Bertz CT molecular complexity index is 367. The molecule has 0 aliphatic heterocycles. The molecule has 0 aliphatic carbocycles. The Morgan fingerprint density at radius 2 is 2.18 bits per heavy atom. The first-order chi connectivity index (χ1) is 5.42. The summed E-state index contributed by atoms with van der Waals surface area (Å²) in [5, 5.41) is 1.10. The molecule has 0 atom stereocenters. The van der Waals surface area contributed by atoms with Gasteiger partial charge in [0.2, 0.25) is 0 Å². The highest BCUT2D eigenvalue weighted by molar-refractivity contribution is 5.84. The van der Waals surface area contributed by atoms with Crippen molar-refractivity contribution >= 4 is 10.9 Å². The number of fused-ring (bicyclic) bond motifs is 1. The van der Waals surface area contributed by atoms with Crippen molar-refractivity contribution in [3.8, 4) is 5.75 Å². The molecule has 3 heteroatoms. The maximum absolute atomic E-state index is 5.06. The first-order valence-corrected chi connectivity index (χ1v) is 3.34. The van der Waals surface area contributed by atoms with Gasteiger partial charge in [-0.3, -0.25) is 0 Å². The third kappa shape index (κ3) is 0.860. The van der Waals surface area contributed by atoms with Crippen molar-refractivity contribution in [3.63, 3.8) is 0 Å². The molecule has 0 radical (unpaired) electrons. The lowest BCUT2D eigenvalue weighted by Gasteiger charge is -1.98. The van der Waals surface area contributed by atoms with Gasteiger partial charge in [-0.1, -0.05) is 12.1 Å². The molecule has 1 aromatic heterocycles. The number of hydrogen-bond acceptors (Lipinski definition) is 2. The van der Waals surface area contributed by atoms with Crippen molar-refractivity contribution in [2.75, 3.05) is 0 Å². The number of nitrogens with two attached hydrogens (primary N) is 1. The van der Waals surface area contributed by atoms with E-state index in [9.17, 15) is 0 Å². The second-order valence-electron chi connectivity index (χ2n) is 2.32. The zero-order valence-corrected chi connectivity index (χ0v) is 5.87. The fraction of sp³-hybridized carbons (Fsp3) is 0. The molecule has 0 saturated carbocycles. The molecule has 2 rings (SSSR count). The second-order valence-corrected chi connectivity index (χ2v) is 2.32. The van der Waals surface area contributed by atoms with Gasteiger partial charge in [-0.15, -0.1) is 0 Å². The highest BCUT2D eigenvalue weighted by Gasteiger charge is 1.99. The lowest BCUT2D eigenvalue weighted by molar-refractivity contribution is 0.338. The summed E-state index contributed by atoms with van der Waals surface area (Å²) >= 11 is 0. The molecular formula is C8H8N2O. The predicted octanol–water partition coefficient (Wildman–Crippen LogP) is 1.42. The quantitative estimate of drug-likeness (QED) is 0.601. The third-order valence-corrected chi connectivity index (χ3v) is 1.68. The Kier molecular flexibility index (Phi) is 1.30. The number of nitrogens with one attached hydrogen (secondary N) is 1. The van der Waals surface area contributed by atoms with E-state index in [2.05, 4.69) is 9.82 Å². The lowest BCUT2D eigenvalue weighted by Crippen LogP contribution is -2.01. The fourth-order valence-corrected chi connectivity index (χ4v) is 1.15. The summed E-state index contributed by atoms with van der Waals surface area (Å²) in [6, 6.07) is 7.68. The van der Waals surface area contributed by atoms with Crippen LogP contribution < -0.4 is 10.7 Å². The van der Waals surface area contributed by atoms with Gasteiger partial charge in [0.1, 0.15) is 0 Å². The van der Waals surface area contributed by atoms with Crippen molar-refractivity contribution in [3.05, 3.63) is 30.5 Å². The van der Waals surface area contributed by atoms with Crippen LogP contribution in [0.5, 0.6) is 5.75 Å². The van der Waals surface area contributed by atoms with E-state index in [4.69, 9.17) is 5.90 Å². The van der Waals surface area contributed by atoms with Crippen LogP contribution in [0.2, 0.25) is 0 Å².